The average molecular weight is 326 g/mol. The van der Waals surface area contributed by atoms with Crippen LogP contribution in [0.15, 0.2) is 22.7 Å². The first kappa shape index (κ1) is 14.3. The molecule has 104 valence electrons. The second-order valence-electron chi connectivity index (χ2n) is 5.84. The SMILES string of the molecule is CC1(C)CN(C(=O)c2ccc(Br)cc2N)CCC1N. The first-order valence-corrected chi connectivity index (χ1v) is 7.20. The number of nitrogens with two attached hydrogens (primary N) is 2. The van der Waals surface area contributed by atoms with E-state index in [0.717, 1.165) is 10.9 Å². The van der Waals surface area contributed by atoms with Gasteiger partial charge in [-0.05, 0) is 30.0 Å². The number of halogens is 1. The van der Waals surface area contributed by atoms with Crippen molar-refractivity contribution in [3.63, 3.8) is 0 Å². The van der Waals surface area contributed by atoms with Gasteiger partial charge in [0.15, 0.2) is 0 Å². The second kappa shape index (κ2) is 5.13. The number of hydrogen-bond donors (Lipinski definition) is 2. The van der Waals surface area contributed by atoms with E-state index >= 15 is 0 Å². The minimum Gasteiger partial charge on any atom is -0.398 e. The van der Waals surface area contributed by atoms with Crippen molar-refractivity contribution < 1.29 is 4.79 Å². The first-order valence-electron chi connectivity index (χ1n) is 6.41. The molecule has 1 unspecified atom stereocenters. The number of amides is 1. The molecule has 19 heavy (non-hydrogen) atoms. The van der Waals surface area contributed by atoms with E-state index in [1.54, 1.807) is 12.1 Å². The predicted molar refractivity (Wildman–Crippen MR) is 80.8 cm³/mol. The lowest BCUT2D eigenvalue weighted by molar-refractivity contribution is 0.0534. The quantitative estimate of drug-likeness (QED) is 0.778. The summed E-state index contributed by atoms with van der Waals surface area (Å²) >= 11 is 3.35. The minimum absolute atomic E-state index is 0.00928. The molecule has 1 amide bonds. The van der Waals surface area contributed by atoms with Crippen LogP contribution in [0.5, 0.6) is 0 Å². The third-order valence-electron chi connectivity index (χ3n) is 3.84. The molecule has 1 saturated heterocycles. The summed E-state index contributed by atoms with van der Waals surface area (Å²) in [7, 11) is 0. The summed E-state index contributed by atoms with van der Waals surface area (Å²) in [4.78, 5) is 14.4. The summed E-state index contributed by atoms with van der Waals surface area (Å²) in [6.45, 7) is 5.56. The van der Waals surface area contributed by atoms with Crippen LogP contribution in [-0.2, 0) is 0 Å². The maximum Gasteiger partial charge on any atom is 0.255 e. The van der Waals surface area contributed by atoms with Gasteiger partial charge in [-0.15, -0.1) is 0 Å². The number of piperidine rings is 1. The van der Waals surface area contributed by atoms with Crippen molar-refractivity contribution in [2.75, 3.05) is 18.8 Å². The summed E-state index contributed by atoms with van der Waals surface area (Å²) in [5, 5.41) is 0. The van der Waals surface area contributed by atoms with E-state index in [2.05, 4.69) is 29.8 Å². The molecule has 5 heteroatoms. The lowest BCUT2D eigenvalue weighted by atomic mass is 9.79. The van der Waals surface area contributed by atoms with Gasteiger partial charge < -0.3 is 16.4 Å². The molecule has 1 fully saturated rings. The molecule has 0 radical (unpaired) electrons. The number of carbonyl (C=O) groups is 1. The zero-order chi connectivity index (χ0) is 14.2. The van der Waals surface area contributed by atoms with E-state index in [-0.39, 0.29) is 17.4 Å². The van der Waals surface area contributed by atoms with Gasteiger partial charge in [0.05, 0.1) is 5.56 Å². The predicted octanol–water partition coefficient (Wildman–Crippen LogP) is 2.23. The van der Waals surface area contributed by atoms with Crippen LogP contribution >= 0.6 is 15.9 Å². The molecular weight excluding hydrogens is 306 g/mol. The highest BCUT2D eigenvalue weighted by Gasteiger charge is 2.35. The van der Waals surface area contributed by atoms with Crippen LogP contribution in [0, 0.1) is 5.41 Å². The zero-order valence-electron chi connectivity index (χ0n) is 11.3. The van der Waals surface area contributed by atoms with Crippen LogP contribution in [-0.4, -0.2) is 29.9 Å². The Labute approximate surface area is 122 Å². The standard InChI is InChI=1S/C14H20BrN3O/c1-14(2)8-18(6-5-12(14)17)13(19)10-4-3-9(15)7-11(10)16/h3-4,7,12H,5-6,8,16-17H2,1-2H3. The Morgan fingerprint density at radius 2 is 2.16 bits per heavy atom. The molecule has 1 heterocycles. The molecule has 1 atom stereocenters. The van der Waals surface area contributed by atoms with Gasteiger partial charge in [0.1, 0.15) is 0 Å². The fourth-order valence-electron chi connectivity index (χ4n) is 2.45. The van der Waals surface area contributed by atoms with Crippen LogP contribution in [0.25, 0.3) is 0 Å². The van der Waals surface area contributed by atoms with Crippen LogP contribution in [0.2, 0.25) is 0 Å². The van der Waals surface area contributed by atoms with Gasteiger partial charge in [0, 0.05) is 29.3 Å². The van der Waals surface area contributed by atoms with Crippen molar-refractivity contribution in [2.24, 2.45) is 11.1 Å². The highest BCUT2D eigenvalue weighted by molar-refractivity contribution is 9.10. The Bertz CT molecular complexity index is 501. The van der Waals surface area contributed by atoms with Crippen molar-refractivity contribution in [2.45, 2.75) is 26.3 Å². The number of nitrogen functional groups attached to an aromatic ring is 1. The van der Waals surface area contributed by atoms with Crippen molar-refractivity contribution in [3.05, 3.63) is 28.2 Å². The summed E-state index contributed by atoms with van der Waals surface area (Å²) in [5.41, 5.74) is 13.0. The van der Waals surface area contributed by atoms with Crippen LogP contribution in [0.1, 0.15) is 30.6 Å². The van der Waals surface area contributed by atoms with Gasteiger partial charge in [-0.2, -0.15) is 0 Å². The molecule has 4 N–H and O–H groups in total. The molecule has 1 aliphatic rings. The van der Waals surface area contributed by atoms with Crippen molar-refractivity contribution in [1.82, 2.24) is 4.90 Å². The van der Waals surface area contributed by atoms with Crippen LogP contribution in [0.4, 0.5) is 5.69 Å². The fourth-order valence-corrected chi connectivity index (χ4v) is 2.82. The van der Waals surface area contributed by atoms with Crippen molar-refractivity contribution in [1.29, 1.82) is 0 Å². The Morgan fingerprint density at radius 1 is 1.47 bits per heavy atom. The van der Waals surface area contributed by atoms with Crippen molar-refractivity contribution in [3.8, 4) is 0 Å². The van der Waals surface area contributed by atoms with Gasteiger partial charge >= 0.3 is 0 Å². The fraction of sp³-hybridized carbons (Fsp3) is 0.500. The van der Waals surface area contributed by atoms with Gasteiger partial charge in [-0.3, -0.25) is 4.79 Å². The lowest BCUT2D eigenvalue weighted by Gasteiger charge is -2.42. The number of likely N-dealkylation sites (tertiary alicyclic amines) is 1. The number of benzene rings is 1. The Kier molecular flexibility index (Phi) is 3.87. The van der Waals surface area contributed by atoms with E-state index in [1.165, 1.54) is 0 Å². The van der Waals surface area contributed by atoms with Gasteiger partial charge in [-0.1, -0.05) is 29.8 Å². The normalized spacial score (nSPS) is 22.3. The molecule has 1 aromatic carbocycles. The van der Waals surface area contributed by atoms with Gasteiger partial charge in [-0.25, -0.2) is 0 Å². The largest absolute Gasteiger partial charge is 0.398 e. The smallest absolute Gasteiger partial charge is 0.255 e. The summed E-state index contributed by atoms with van der Waals surface area (Å²) in [6, 6.07) is 5.50. The number of carbonyl (C=O) groups excluding carboxylic acids is 1. The topological polar surface area (TPSA) is 72.3 Å². The maximum atomic E-state index is 12.5. The number of anilines is 1. The van der Waals surface area contributed by atoms with Crippen LogP contribution < -0.4 is 11.5 Å². The summed E-state index contributed by atoms with van der Waals surface area (Å²) in [6.07, 6.45) is 0.829. The molecule has 0 aliphatic carbocycles. The summed E-state index contributed by atoms with van der Waals surface area (Å²) < 4.78 is 0.877. The summed E-state index contributed by atoms with van der Waals surface area (Å²) in [5.74, 6) is -0.00928. The van der Waals surface area contributed by atoms with Gasteiger partial charge in [0.25, 0.3) is 5.91 Å². The van der Waals surface area contributed by atoms with E-state index in [1.807, 2.05) is 11.0 Å². The Morgan fingerprint density at radius 3 is 2.74 bits per heavy atom. The van der Waals surface area contributed by atoms with Crippen molar-refractivity contribution >= 4 is 27.5 Å². The maximum absolute atomic E-state index is 12.5. The molecule has 2 rings (SSSR count). The van der Waals surface area contributed by atoms with Gasteiger partial charge in [0.2, 0.25) is 0 Å². The van der Waals surface area contributed by atoms with E-state index in [0.29, 0.717) is 24.3 Å². The third kappa shape index (κ3) is 2.92. The zero-order valence-corrected chi connectivity index (χ0v) is 12.9. The van der Waals surface area contributed by atoms with E-state index in [9.17, 15) is 4.79 Å². The molecule has 0 saturated carbocycles. The molecular formula is C14H20BrN3O. The molecule has 1 aromatic rings. The highest BCUT2D eigenvalue weighted by atomic mass is 79.9. The Balaban J connectivity index is 2.21. The number of hydrogen-bond acceptors (Lipinski definition) is 3. The molecule has 1 aliphatic heterocycles. The third-order valence-corrected chi connectivity index (χ3v) is 4.34. The Hall–Kier alpha value is -1.07. The molecule has 0 aromatic heterocycles. The second-order valence-corrected chi connectivity index (χ2v) is 6.76. The van der Waals surface area contributed by atoms with E-state index < -0.39 is 0 Å². The monoisotopic (exact) mass is 325 g/mol. The lowest BCUT2D eigenvalue weighted by Crippen LogP contribution is -2.54. The highest BCUT2D eigenvalue weighted by Crippen LogP contribution is 2.29. The molecule has 0 spiro atoms. The number of rotatable bonds is 1. The first-order chi connectivity index (χ1) is 8.81. The molecule has 4 nitrogen and oxygen atoms in total. The molecule has 0 bridgehead atoms. The number of nitrogens with zero attached hydrogens (tertiary/aromatic N) is 1. The minimum atomic E-state index is -0.0575. The average Bonchev–Trinajstić information content (AvgIpc) is 2.32. The van der Waals surface area contributed by atoms with E-state index in [4.69, 9.17) is 11.5 Å². The van der Waals surface area contributed by atoms with Crippen LogP contribution in [0.3, 0.4) is 0 Å².